The first-order chi connectivity index (χ1) is 16.4. The summed E-state index contributed by atoms with van der Waals surface area (Å²) in [5.41, 5.74) is -0.569. The van der Waals surface area contributed by atoms with Crippen LogP contribution in [0.25, 0.3) is 11.1 Å². The molecule has 0 saturated heterocycles. The molecule has 0 radical (unpaired) electrons. The Hall–Kier alpha value is -3.62. The van der Waals surface area contributed by atoms with Crippen LogP contribution < -0.4 is 9.47 Å². The maximum atomic E-state index is 13.5. The van der Waals surface area contributed by atoms with E-state index in [-0.39, 0.29) is 23.5 Å². The van der Waals surface area contributed by atoms with Gasteiger partial charge in [0.1, 0.15) is 23.9 Å². The fraction of sp³-hybridized carbons (Fsp3) is 0.190. The standard InChI is InChI=1S/C21H16F3N3O3/c22-21(23,24)30-16-5-2-14(3-6-16)15-4-7-18-17(12-15)20(28)27(10-11-29-18)13-19-25-8-1-9-26-19/h1-9,12H,10-11,13H2/i4D,7D,10D2,12D. The number of amides is 1. The van der Waals surface area contributed by atoms with Crippen molar-refractivity contribution in [1.29, 1.82) is 0 Å². The Bertz CT molecular complexity index is 1280. The maximum Gasteiger partial charge on any atom is 0.573 e. The third kappa shape index (κ3) is 4.51. The largest absolute Gasteiger partial charge is 0.573 e. The van der Waals surface area contributed by atoms with Gasteiger partial charge in [-0.05, 0) is 41.4 Å². The van der Waals surface area contributed by atoms with Crippen LogP contribution in [0.5, 0.6) is 11.5 Å². The molecule has 0 saturated carbocycles. The van der Waals surface area contributed by atoms with E-state index in [9.17, 15) is 18.0 Å². The van der Waals surface area contributed by atoms with Crippen LogP contribution in [0.1, 0.15) is 23.0 Å². The Balaban J connectivity index is 1.81. The van der Waals surface area contributed by atoms with Crippen molar-refractivity contribution in [3.8, 4) is 22.6 Å². The number of rotatable bonds is 4. The Morgan fingerprint density at radius 2 is 1.90 bits per heavy atom. The number of alkyl halides is 3. The van der Waals surface area contributed by atoms with Gasteiger partial charge in [0.25, 0.3) is 5.91 Å². The second-order valence-electron chi connectivity index (χ2n) is 6.03. The molecule has 1 aliphatic rings. The summed E-state index contributed by atoms with van der Waals surface area (Å²) in [5, 5.41) is 0. The van der Waals surface area contributed by atoms with Gasteiger partial charge >= 0.3 is 6.36 Å². The molecule has 6 nitrogen and oxygen atoms in total. The number of halogens is 3. The lowest BCUT2D eigenvalue weighted by atomic mass is 10.0. The normalized spacial score (nSPS) is 18.0. The number of hydrogen-bond donors (Lipinski definition) is 0. The number of carbonyl (C=O) groups is 1. The van der Waals surface area contributed by atoms with Crippen molar-refractivity contribution < 1.29 is 34.3 Å². The first kappa shape index (κ1) is 14.4. The minimum absolute atomic E-state index is 0.0869. The summed E-state index contributed by atoms with van der Waals surface area (Å²) in [4.78, 5) is 22.2. The van der Waals surface area contributed by atoms with Gasteiger partial charge in [0.05, 0.1) is 25.5 Å². The topological polar surface area (TPSA) is 64.6 Å². The molecule has 0 unspecified atom stereocenters. The number of fused-ring (bicyclic) bond motifs is 1. The molecule has 0 aliphatic carbocycles. The summed E-state index contributed by atoms with van der Waals surface area (Å²) in [5.74, 6) is -1.80. The molecule has 0 bridgehead atoms. The zero-order chi connectivity index (χ0) is 25.5. The third-order valence-corrected chi connectivity index (χ3v) is 4.00. The summed E-state index contributed by atoms with van der Waals surface area (Å²) in [6.45, 7) is -3.40. The summed E-state index contributed by atoms with van der Waals surface area (Å²) in [6, 6.07) is 4.22. The van der Waals surface area contributed by atoms with E-state index in [1.54, 1.807) is 6.07 Å². The quantitative estimate of drug-likeness (QED) is 0.637. The first-order valence-electron chi connectivity index (χ1n) is 11.1. The van der Waals surface area contributed by atoms with Crippen LogP contribution >= 0.6 is 0 Å². The predicted molar refractivity (Wildman–Crippen MR) is 101 cm³/mol. The molecule has 1 aliphatic heterocycles. The molecule has 0 fully saturated rings. The lowest BCUT2D eigenvalue weighted by Crippen LogP contribution is -2.32. The molecule has 9 heteroatoms. The van der Waals surface area contributed by atoms with Gasteiger partial charge in [0.15, 0.2) is 0 Å². The average molecular weight is 420 g/mol. The zero-order valence-corrected chi connectivity index (χ0v) is 15.2. The van der Waals surface area contributed by atoms with Crippen molar-refractivity contribution in [3.63, 3.8) is 0 Å². The second kappa shape index (κ2) is 8.02. The van der Waals surface area contributed by atoms with Gasteiger partial charge in [0.2, 0.25) is 0 Å². The molecule has 3 aromatic rings. The van der Waals surface area contributed by atoms with Gasteiger partial charge in [-0.15, -0.1) is 13.2 Å². The highest BCUT2D eigenvalue weighted by Gasteiger charge is 2.31. The monoisotopic (exact) mass is 420 g/mol. The fourth-order valence-electron chi connectivity index (χ4n) is 2.69. The Kier molecular flexibility index (Phi) is 3.84. The average Bonchev–Trinajstić information content (AvgIpc) is 2.88. The number of nitrogens with zero attached hydrogens (tertiary/aromatic N) is 3. The molecule has 1 aromatic heterocycles. The number of hydrogen-bond acceptors (Lipinski definition) is 5. The summed E-state index contributed by atoms with van der Waals surface area (Å²) in [7, 11) is 0. The molecule has 0 N–H and O–H groups in total. The Labute approximate surface area is 176 Å². The molecule has 154 valence electrons. The summed E-state index contributed by atoms with van der Waals surface area (Å²) in [6.07, 6.45) is -2.08. The van der Waals surface area contributed by atoms with Crippen LogP contribution in [0.2, 0.25) is 0 Å². The van der Waals surface area contributed by atoms with Crippen LogP contribution in [-0.4, -0.2) is 40.2 Å². The van der Waals surface area contributed by atoms with Gasteiger partial charge < -0.3 is 14.4 Å². The van der Waals surface area contributed by atoms with E-state index in [4.69, 9.17) is 11.6 Å². The molecule has 2 heterocycles. The van der Waals surface area contributed by atoms with E-state index in [0.29, 0.717) is 0 Å². The third-order valence-electron chi connectivity index (χ3n) is 4.00. The van der Waals surface area contributed by atoms with E-state index in [0.717, 1.165) is 29.2 Å². The van der Waals surface area contributed by atoms with E-state index in [2.05, 4.69) is 14.7 Å². The minimum atomic E-state index is -4.91. The predicted octanol–water partition coefficient (Wildman–Crippen LogP) is 4.08. The smallest absolute Gasteiger partial charge is 0.491 e. The second-order valence-corrected chi connectivity index (χ2v) is 6.03. The minimum Gasteiger partial charge on any atom is -0.491 e. The highest BCUT2D eigenvalue weighted by molar-refractivity contribution is 5.98. The highest BCUT2D eigenvalue weighted by atomic mass is 19.4. The van der Waals surface area contributed by atoms with Crippen LogP contribution in [0, 0.1) is 0 Å². The maximum absolute atomic E-state index is 13.5. The Morgan fingerprint density at radius 3 is 2.60 bits per heavy atom. The number of benzene rings is 2. The summed E-state index contributed by atoms with van der Waals surface area (Å²) >= 11 is 0. The summed E-state index contributed by atoms with van der Waals surface area (Å²) < 4.78 is 88.6. The molecule has 0 atom stereocenters. The zero-order valence-electron chi connectivity index (χ0n) is 20.2. The van der Waals surface area contributed by atoms with Crippen LogP contribution in [0.4, 0.5) is 13.2 Å². The van der Waals surface area contributed by atoms with Crippen LogP contribution in [0.15, 0.2) is 60.9 Å². The first-order valence-corrected chi connectivity index (χ1v) is 8.59. The number of carbonyl (C=O) groups excluding carboxylic acids is 1. The van der Waals surface area contributed by atoms with Crippen molar-refractivity contribution in [2.75, 3.05) is 13.1 Å². The molecular weight excluding hydrogens is 399 g/mol. The van der Waals surface area contributed by atoms with Gasteiger partial charge in [-0.2, -0.15) is 0 Å². The van der Waals surface area contributed by atoms with E-state index < -0.39 is 60.6 Å². The van der Waals surface area contributed by atoms with Crippen molar-refractivity contribution in [2.45, 2.75) is 12.9 Å². The SMILES string of the molecule is [2H]c1c([2H])c(-c2ccc(OC(F)(F)F)cc2)c([2H])c2c1OCC([2H])([2H])N(Cc1ncccn1)C2=O. The van der Waals surface area contributed by atoms with Crippen molar-refractivity contribution in [3.05, 3.63) is 72.2 Å². The Morgan fingerprint density at radius 1 is 1.17 bits per heavy atom. The van der Waals surface area contributed by atoms with Crippen LogP contribution in [-0.2, 0) is 6.54 Å². The van der Waals surface area contributed by atoms with E-state index in [1.807, 2.05) is 0 Å². The fourth-order valence-corrected chi connectivity index (χ4v) is 2.69. The number of ether oxygens (including phenoxy) is 2. The van der Waals surface area contributed by atoms with E-state index in [1.165, 1.54) is 12.4 Å². The molecule has 30 heavy (non-hydrogen) atoms. The lowest BCUT2D eigenvalue weighted by molar-refractivity contribution is -0.274. The van der Waals surface area contributed by atoms with Crippen LogP contribution in [0.3, 0.4) is 0 Å². The van der Waals surface area contributed by atoms with Crippen molar-refractivity contribution in [1.82, 2.24) is 14.9 Å². The van der Waals surface area contributed by atoms with Gasteiger partial charge in [0, 0.05) is 12.4 Å². The highest BCUT2D eigenvalue weighted by Crippen LogP contribution is 2.31. The molecule has 0 spiro atoms. The molecule has 2 aromatic carbocycles. The van der Waals surface area contributed by atoms with Gasteiger partial charge in [-0.1, -0.05) is 18.2 Å². The van der Waals surface area contributed by atoms with Crippen molar-refractivity contribution in [2.24, 2.45) is 0 Å². The number of aromatic nitrogens is 2. The lowest BCUT2D eigenvalue weighted by Gasteiger charge is -2.19. The molecular formula is C21H16F3N3O3. The van der Waals surface area contributed by atoms with Crippen molar-refractivity contribution >= 4 is 5.91 Å². The van der Waals surface area contributed by atoms with Gasteiger partial charge in [-0.3, -0.25) is 4.79 Å². The van der Waals surface area contributed by atoms with Gasteiger partial charge in [-0.25, -0.2) is 9.97 Å². The molecule has 1 amide bonds. The van der Waals surface area contributed by atoms with E-state index >= 15 is 0 Å². The molecule has 4 rings (SSSR count).